The Balaban J connectivity index is 1.87. The number of nitrogens with zero attached hydrogens (tertiary/aromatic N) is 1. The van der Waals surface area contributed by atoms with Crippen LogP contribution in [0.15, 0.2) is 36.4 Å². The highest BCUT2D eigenvalue weighted by atomic mass is 16.6. The van der Waals surface area contributed by atoms with Crippen LogP contribution in [0.25, 0.3) is 10.8 Å². The number of fused-ring (bicyclic) bond motifs is 1. The van der Waals surface area contributed by atoms with Crippen molar-refractivity contribution < 1.29 is 19.4 Å². The molecule has 0 bridgehead atoms. The molecule has 2 aromatic carbocycles. The Morgan fingerprint density at radius 3 is 2.38 bits per heavy atom. The number of hydrogen-bond donors (Lipinski definition) is 1. The minimum Gasteiger partial charge on any atom is -0.496 e. The maximum Gasteiger partial charge on any atom is 0.410 e. The number of amides is 1. The highest BCUT2D eigenvalue weighted by molar-refractivity contribution is 5.88. The van der Waals surface area contributed by atoms with Crippen LogP contribution in [0, 0.1) is 0 Å². The molecule has 1 amide bonds. The van der Waals surface area contributed by atoms with Crippen molar-refractivity contribution in [3.8, 4) is 5.75 Å². The predicted octanol–water partition coefficient (Wildman–Crippen LogP) is 4.07. The fourth-order valence-electron chi connectivity index (χ4n) is 3.54. The molecule has 1 aliphatic rings. The number of hydrogen-bond acceptors (Lipinski definition) is 4. The lowest BCUT2D eigenvalue weighted by Gasteiger charge is -2.39. The molecule has 1 fully saturated rings. The van der Waals surface area contributed by atoms with Crippen molar-refractivity contribution in [2.45, 2.75) is 44.8 Å². The third kappa shape index (κ3) is 3.63. The van der Waals surface area contributed by atoms with Gasteiger partial charge in [-0.05, 0) is 50.5 Å². The SMILES string of the molecule is COc1ccc2ccccc2c1C1(O)CCN(C(=O)OC(C)(C)C)CC1. The second kappa shape index (κ2) is 6.80. The van der Waals surface area contributed by atoms with Gasteiger partial charge in [-0.1, -0.05) is 30.3 Å². The zero-order valence-corrected chi connectivity index (χ0v) is 15.9. The molecule has 0 radical (unpaired) electrons. The molecule has 0 aliphatic carbocycles. The van der Waals surface area contributed by atoms with Crippen molar-refractivity contribution in [3.63, 3.8) is 0 Å². The van der Waals surface area contributed by atoms with Crippen LogP contribution >= 0.6 is 0 Å². The summed E-state index contributed by atoms with van der Waals surface area (Å²) in [5, 5.41) is 13.5. The fourth-order valence-corrected chi connectivity index (χ4v) is 3.54. The molecule has 1 N–H and O–H groups in total. The van der Waals surface area contributed by atoms with E-state index in [1.54, 1.807) is 12.0 Å². The molecule has 26 heavy (non-hydrogen) atoms. The smallest absolute Gasteiger partial charge is 0.410 e. The molecule has 0 atom stereocenters. The summed E-state index contributed by atoms with van der Waals surface area (Å²) in [5.41, 5.74) is -0.754. The summed E-state index contributed by atoms with van der Waals surface area (Å²) in [6, 6.07) is 11.9. The van der Waals surface area contributed by atoms with Crippen LogP contribution in [-0.4, -0.2) is 41.9 Å². The maximum absolute atomic E-state index is 12.3. The quantitative estimate of drug-likeness (QED) is 0.880. The van der Waals surface area contributed by atoms with Crippen molar-refractivity contribution in [2.24, 2.45) is 0 Å². The Bertz CT molecular complexity index is 801. The van der Waals surface area contributed by atoms with Crippen LogP contribution in [-0.2, 0) is 10.3 Å². The second-order valence-electron chi connectivity index (χ2n) is 7.86. The average Bonchev–Trinajstić information content (AvgIpc) is 2.59. The molecule has 1 heterocycles. The standard InChI is InChI=1S/C21H27NO4/c1-20(2,3)26-19(23)22-13-11-21(24,12-14-22)18-16-8-6-5-7-15(16)9-10-17(18)25-4/h5-10,24H,11-14H2,1-4H3. The highest BCUT2D eigenvalue weighted by Gasteiger charge is 2.39. The van der Waals surface area contributed by atoms with Crippen LogP contribution in [0.3, 0.4) is 0 Å². The first-order chi connectivity index (χ1) is 12.2. The van der Waals surface area contributed by atoms with Gasteiger partial charge in [0, 0.05) is 18.7 Å². The van der Waals surface area contributed by atoms with E-state index in [0.29, 0.717) is 31.7 Å². The van der Waals surface area contributed by atoms with Crippen molar-refractivity contribution in [1.29, 1.82) is 0 Å². The molecule has 0 aromatic heterocycles. The first-order valence-corrected chi connectivity index (χ1v) is 9.00. The molecule has 0 unspecified atom stereocenters. The van der Waals surface area contributed by atoms with Gasteiger partial charge in [0.25, 0.3) is 0 Å². The largest absolute Gasteiger partial charge is 0.496 e. The lowest BCUT2D eigenvalue weighted by molar-refractivity contribution is -0.0357. The zero-order chi connectivity index (χ0) is 18.9. The van der Waals surface area contributed by atoms with Crippen molar-refractivity contribution >= 4 is 16.9 Å². The minimum atomic E-state index is -1.04. The predicted molar refractivity (Wildman–Crippen MR) is 101 cm³/mol. The number of methoxy groups -OCH3 is 1. The summed E-state index contributed by atoms with van der Waals surface area (Å²) in [6.45, 7) is 6.44. The van der Waals surface area contributed by atoms with E-state index in [1.807, 2.05) is 57.2 Å². The van der Waals surface area contributed by atoms with Gasteiger partial charge >= 0.3 is 6.09 Å². The van der Waals surface area contributed by atoms with Gasteiger partial charge in [-0.15, -0.1) is 0 Å². The molecule has 5 nitrogen and oxygen atoms in total. The van der Waals surface area contributed by atoms with Gasteiger partial charge in [-0.2, -0.15) is 0 Å². The van der Waals surface area contributed by atoms with Gasteiger partial charge in [0.15, 0.2) is 0 Å². The Kier molecular flexibility index (Phi) is 4.84. The molecular weight excluding hydrogens is 330 g/mol. The van der Waals surface area contributed by atoms with Crippen LogP contribution in [0.2, 0.25) is 0 Å². The number of ether oxygens (including phenoxy) is 2. The third-order valence-electron chi connectivity index (χ3n) is 4.82. The number of carbonyl (C=O) groups is 1. The second-order valence-corrected chi connectivity index (χ2v) is 7.86. The first kappa shape index (κ1) is 18.5. The number of likely N-dealkylation sites (tertiary alicyclic amines) is 1. The van der Waals surface area contributed by atoms with E-state index in [4.69, 9.17) is 9.47 Å². The van der Waals surface area contributed by atoms with Gasteiger partial charge in [0.2, 0.25) is 0 Å². The number of rotatable bonds is 2. The number of piperidine rings is 1. The van der Waals surface area contributed by atoms with E-state index >= 15 is 0 Å². The Hall–Kier alpha value is -2.27. The molecule has 1 aliphatic heterocycles. The molecule has 0 spiro atoms. The van der Waals surface area contributed by atoms with Crippen molar-refractivity contribution in [2.75, 3.05) is 20.2 Å². The van der Waals surface area contributed by atoms with Crippen LogP contribution in [0.1, 0.15) is 39.2 Å². The van der Waals surface area contributed by atoms with E-state index < -0.39 is 11.2 Å². The summed E-state index contributed by atoms with van der Waals surface area (Å²) in [5.74, 6) is 0.678. The van der Waals surface area contributed by atoms with Crippen LogP contribution in [0.4, 0.5) is 4.79 Å². The fraction of sp³-hybridized carbons (Fsp3) is 0.476. The molecule has 3 rings (SSSR count). The lowest BCUT2D eigenvalue weighted by atomic mass is 9.81. The lowest BCUT2D eigenvalue weighted by Crippen LogP contribution is -2.47. The normalized spacial score (nSPS) is 17.2. The van der Waals surface area contributed by atoms with Gasteiger partial charge < -0.3 is 19.5 Å². The molecular formula is C21H27NO4. The Morgan fingerprint density at radius 2 is 1.77 bits per heavy atom. The van der Waals surface area contributed by atoms with Crippen LogP contribution in [0.5, 0.6) is 5.75 Å². The van der Waals surface area contributed by atoms with E-state index in [0.717, 1.165) is 16.3 Å². The average molecular weight is 357 g/mol. The Morgan fingerprint density at radius 1 is 1.12 bits per heavy atom. The first-order valence-electron chi connectivity index (χ1n) is 9.00. The third-order valence-corrected chi connectivity index (χ3v) is 4.82. The minimum absolute atomic E-state index is 0.329. The Labute approximate surface area is 154 Å². The van der Waals surface area contributed by atoms with Gasteiger partial charge in [-0.25, -0.2) is 4.79 Å². The number of carbonyl (C=O) groups excluding carboxylic acids is 1. The van der Waals surface area contributed by atoms with Gasteiger partial charge in [0.05, 0.1) is 12.7 Å². The van der Waals surface area contributed by atoms with E-state index in [-0.39, 0.29) is 6.09 Å². The van der Waals surface area contributed by atoms with Crippen LogP contribution < -0.4 is 4.74 Å². The summed E-state index contributed by atoms with van der Waals surface area (Å²) < 4.78 is 11.0. The number of aliphatic hydroxyl groups is 1. The number of benzene rings is 2. The summed E-state index contributed by atoms with van der Waals surface area (Å²) in [7, 11) is 1.62. The molecule has 1 saturated heterocycles. The van der Waals surface area contributed by atoms with E-state index in [9.17, 15) is 9.90 Å². The summed E-state index contributed by atoms with van der Waals surface area (Å²) >= 11 is 0. The summed E-state index contributed by atoms with van der Waals surface area (Å²) in [6.07, 6.45) is 0.553. The van der Waals surface area contributed by atoms with E-state index in [1.165, 1.54) is 0 Å². The maximum atomic E-state index is 12.3. The highest BCUT2D eigenvalue weighted by Crippen LogP contribution is 2.42. The molecule has 140 valence electrons. The van der Waals surface area contributed by atoms with Gasteiger partial charge in [-0.3, -0.25) is 0 Å². The summed E-state index contributed by atoms with van der Waals surface area (Å²) in [4.78, 5) is 14.0. The monoisotopic (exact) mass is 357 g/mol. The molecule has 5 heteroatoms. The molecule has 2 aromatic rings. The topological polar surface area (TPSA) is 59.0 Å². The van der Waals surface area contributed by atoms with Crippen molar-refractivity contribution in [3.05, 3.63) is 42.0 Å². The van der Waals surface area contributed by atoms with E-state index in [2.05, 4.69) is 0 Å². The zero-order valence-electron chi connectivity index (χ0n) is 15.9. The van der Waals surface area contributed by atoms with Gasteiger partial charge in [0.1, 0.15) is 11.4 Å². The van der Waals surface area contributed by atoms with Crippen molar-refractivity contribution in [1.82, 2.24) is 4.90 Å². The molecule has 0 saturated carbocycles.